The molecular weight excluding hydrogens is 284 g/mol. The second-order valence-corrected chi connectivity index (χ2v) is 6.25. The monoisotopic (exact) mass is 302 g/mol. The van der Waals surface area contributed by atoms with Gasteiger partial charge >= 0.3 is 0 Å². The molecule has 0 unspecified atom stereocenters. The maximum atomic E-state index is 12.1. The first-order valence-corrected chi connectivity index (χ1v) is 7.98. The molecule has 2 aromatic heterocycles. The maximum absolute atomic E-state index is 12.1. The third-order valence-electron chi connectivity index (χ3n) is 3.69. The molecule has 0 aliphatic carbocycles. The van der Waals surface area contributed by atoms with E-state index in [1.807, 2.05) is 17.0 Å². The van der Waals surface area contributed by atoms with Crippen LogP contribution in [0.1, 0.15) is 16.9 Å². The van der Waals surface area contributed by atoms with Crippen LogP contribution in [-0.2, 0) is 11.2 Å². The molecule has 0 atom stereocenters. The van der Waals surface area contributed by atoms with Gasteiger partial charge in [-0.2, -0.15) is 0 Å². The molecule has 1 fully saturated rings. The summed E-state index contributed by atoms with van der Waals surface area (Å²) in [7, 11) is 0. The maximum Gasteiger partial charge on any atom is 0.223 e. The first kappa shape index (κ1) is 14.1. The van der Waals surface area contributed by atoms with Crippen LogP contribution in [0.3, 0.4) is 0 Å². The Labute approximate surface area is 128 Å². The van der Waals surface area contributed by atoms with Crippen LogP contribution >= 0.6 is 11.3 Å². The first-order valence-electron chi connectivity index (χ1n) is 7.10. The van der Waals surface area contributed by atoms with Crippen molar-refractivity contribution in [3.05, 3.63) is 46.4 Å². The zero-order valence-electron chi connectivity index (χ0n) is 12.0. The number of pyridine rings is 1. The smallest absolute Gasteiger partial charge is 0.223 e. The molecular formula is C16H18N2O2S. The van der Waals surface area contributed by atoms with E-state index in [1.165, 1.54) is 10.4 Å². The van der Waals surface area contributed by atoms with Crippen molar-refractivity contribution in [1.29, 1.82) is 0 Å². The predicted molar refractivity (Wildman–Crippen MR) is 82.6 cm³/mol. The van der Waals surface area contributed by atoms with Gasteiger partial charge in [0.1, 0.15) is 11.9 Å². The standard InChI is InChI=1S/C16H18N2O2S/c1-12-6-9-21-15(12)2-3-16(19)18-10-14(11-18)20-13-4-7-17-8-5-13/h4-9,14H,2-3,10-11H2,1H3. The lowest BCUT2D eigenvalue weighted by Crippen LogP contribution is -2.56. The Hall–Kier alpha value is -1.88. The van der Waals surface area contributed by atoms with E-state index in [2.05, 4.69) is 23.4 Å². The van der Waals surface area contributed by atoms with Crippen LogP contribution in [0.25, 0.3) is 0 Å². The van der Waals surface area contributed by atoms with Gasteiger partial charge in [-0.1, -0.05) is 0 Å². The van der Waals surface area contributed by atoms with Crippen molar-refractivity contribution < 1.29 is 9.53 Å². The number of carbonyl (C=O) groups excluding carboxylic acids is 1. The van der Waals surface area contributed by atoms with Crippen molar-refractivity contribution in [2.24, 2.45) is 0 Å². The molecule has 1 aliphatic rings. The van der Waals surface area contributed by atoms with Crippen molar-refractivity contribution >= 4 is 17.2 Å². The fourth-order valence-electron chi connectivity index (χ4n) is 2.36. The molecule has 1 aliphatic heterocycles. The fraction of sp³-hybridized carbons (Fsp3) is 0.375. The number of hydrogen-bond donors (Lipinski definition) is 0. The summed E-state index contributed by atoms with van der Waals surface area (Å²) >= 11 is 1.73. The van der Waals surface area contributed by atoms with E-state index in [0.717, 1.165) is 12.2 Å². The number of carbonyl (C=O) groups is 1. The minimum Gasteiger partial charge on any atom is -0.487 e. The van der Waals surface area contributed by atoms with Gasteiger partial charge in [-0.05, 0) is 42.5 Å². The van der Waals surface area contributed by atoms with E-state index in [1.54, 1.807) is 23.7 Å². The lowest BCUT2D eigenvalue weighted by molar-refractivity contribution is -0.139. The Morgan fingerprint density at radius 3 is 2.81 bits per heavy atom. The van der Waals surface area contributed by atoms with Crippen molar-refractivity contribution in [1.82, 2.24) is 9.88 Å². The number of amides is 1. The zero-order chi connectivity index (χ0) is 14.7. The molecule has 0 spiro atoms. The number of likely N-dealkylation sites (tertiary alicyclic amines) is 1. The number of nitrogens with zero attached hydrogens (tertiary/aromatic N) is 2. The Bertz CT molecular complexity index is 606. The molecule has 0 saturated carbocycles. The van der Waals surface area contributed by atoms with Gasteiger partial charge in [-0.15, -0.1) is 11.3 Å². The molecule has 21 heavy (non-hydrogen) atoms. The van der Waals surface area contributed by atoms with Gasteiger partial charge in [0, 0.05) is 23.7 Å². The molecule has 110 valence electrons. The summed E-state index contributed by atoms with van der Waals surface area (Å²) in [5.74, 6) is 1.04. The van der Waals surface area contributed by atoms with E-state index < -0.39 is 0 Å². The summed E-state index contributed by atoms with van der Waals surface area (Å²) in [6.45, 7) is 3.47. The minimum absolute atomic E-state index is 0.111. The molecule has 3 heterocycles. The SMILES string of the molecule is Cc1ccsc1CCC(=O)N1CC(Oc2ccncc2)C1. The summed E-state index contributed by atoms with van der Waals surface area (Å²) in [6.07, 6.45) is 4.96. The number of rotatable bonds is 5. The van der Waals surface area contributed by atoms with Gasteiger partial charge in [0.2, 0.25) is 5.91 Å². The van der Waals surface area contributed by atoms with Crippen LogP contribution < -0.4 is 4.74 Å². The Morgan fingerprint density at radius 2 is 2.14 bits per heavy atom. The van der Waals surface area contributed by atoms with Crippen molar-refractivity contribution in [3.8, 4) is 5.75 Å². The Balaban J connectivity index is 1.41. The predicted octanol–water partition coefficient (Wildman–Crippen LogP) is 2.67. The fourth-order valence-corrected chi connectivity index (χ4v) is 3.27. The molecule has 0 radical (unpaired) electrons. The minimum atomic E-state index is 0.111. The van der Waals surface area contributed by atoms with Crippen LogP contribution in [0.2, 0.25) is 0 Å². The normalized spacial score (nSPS) is 14.8. The molecule has 0 aromatic carbocycles. The average molecular weight is 302 g/mol. The van der Waals surface area contributed by atoms with Crippen LogP contribution in [0.4, 0.5) is 0 Å². The number of aromatic nitrogens is 1. The molecule has 0 N–H and O–H groups in total. The highest BCUT2D eigenvalue weighted by atomic mass is 32.1. The molecule has 3 rings (SSSR count). The number of hydrogen-bond acceptors (Lipinski definition) is 4. The first-order chi connectivity index (χ1) is 10.2. The van der Waals surface area contributed by atoms with Crippen LogP contribution in [-0.4, -0.2) is 35.0 Å². The van der Waals surface area contributed by atoms with Gasteiger partial charge in [-0.25, -0.2) is 0 Å². The zero-order valence-corrected chi connectivity index (χ0v) is 12.8. The van der Waals surface area contributed by atoms with Crippen molar-refractivity contribution in [2.45, 2.75) is 25.9 Å². The average Bonchev–Trinajstić information content (AvgIpc) is 2.86. The van der Waals surface area contributed by atoms with E-state index in [9.17, 15) is 4.79 Å². The second-order valence-electron chi connectivity index (χ2n) is 5.25. The largest absolute Gasteiger partial charge is 0.487 e. The third-order valence-corrected chi connectivity index (χ3v) is 4.77. The Morgan fingerprint density at radius 1 is 1.38 bits per heavy atom. The number of aryl methyl sites for hydroxylation is 2. The molecule has 2 aromatic rings. The topological polar surface area (TPSA) is 42.4 Å². The number of ether oxygens (including phenoxy) is 1. The van der Waals surface area contributed by atoms with Crippen molar-refractivity contribution in [2.75, 3.05) is 13.1 Å². The molecule has 5 heteroatoms. The molecule has 4 nitrogen and oxygen atoms in total. The van der Waals surface area contributed by atoms with Gasteiger partial charge in [0.25, 0.3) is 0 Å². The lowest BCUT2D eigenvalue weighted by atomic mass is 10.1. The Kier molecular flexibility index (Phi) is 4.20. The van der Waals surface area contributed by atoms with Gasteiger partial charge in [-0.3, -0.25) is 9.78 Å². The summed E-state index contributed by atoms with van der Waals surface area (Å²) in [4.78, 5) is 19.2. The van der Waals surface area contributed by atoms with Gasteiger partial charge < -0.3 is 9.64 Å². The van der Waals surface area contributed by atoms with Gasteiger partial charge in [0.15, 0.2) is 0 Å². The molecule has 1 amide bonds. The third kappa shape index (κ3) is 3.42. The second kappa shape index (κ2) is 6.26. The van der Waals surface area contributed by atoms with Crippen LogP contribution in [0.5, 0.6) is 5.75 Å². The summed E-state index contributed by atoms with van der Waals surface area (Å²) < 4.78 is 5.77. The van der Waals surface area contributed by atoms with E-state index in [4.69, 9.17) is 4.74 Å². The van der Waals surface area contributed by atoms with E-state index in [-0.39, 0.29) is 12.0 Å². The lowest BCUT2D eigenvalue weighted by Gasteiger charge is -2.39. The van der Waals surface area contributed by atoms with Crippen LogP contribution in [0, 0.1) is 6.92 Å². The van der Waals surface area contributed by atoms with Gasteiger partial charge in [0.05, 0.1) is 13.1 Å². The highest BCUT2D eigenvalue weighted by molar-refractivity contribution is 7.10. The number of thiophene rings is 1. The summed E-state index contributed by atoms with van der Waals surface area (Å²) in [5, 5.41) is 2.08. The van der Waals surface area contributed by atoms with E-state index >= 15 is 0 Å². The quantitative estimate of drug-likeness (QED) is 0.853. The highest BCUT2D eigenvalue weighted by Crippen LogP contribution is 2.20. The van der Waals surface area contributed by atoms with Crippen molar-refractivity contribution in [3.63, 3.8) is 0 Å². The van der Waals surface area contributed by atoms with Crippen LogP contribution in [0.15, 0.2) is 36.0 Å². The molecule has 1 saturated heterocycles. The summed E-state index contributed by atoms with van der Waals surface area (Å²) in [5.41, 5.74) is 1.29. The highest BCUT2D eigenvalue weighted by Gasteiger charge is 2.31. The van der Waals surface area contributed by atoms with E-state index in [0.29, 0.717) is 19.5 Å². The molecule has 0 bridgehead atoms. The summed E-state index contributed by atoms with van der Waals surface area (Å²) in [6, 6.07) is 5.78.